The van der Waals surface area contributed by atoms with Gasteiger partial charge < -0.3 is 15.4 Å². The fraction of sp³-hybridized carbons (Fsp3) is 0. The first-order valence-electron chi connectivity index (χ1n) is 7.85. The molecule has 5 heterocycles. The van der Waals surface area contributed by atoms with Crippen LogP contribution in [0.25, 0.3) is 46.4 Å². The van der Waals surface area contributed by atoms with E-state index in [2.05, 4.69) is 44.2 Å². The van der Waals surface area contributed by atoms with Crippen LogP contribution < -0.4 is 0 Å². The maximum Gasteiger partial charge on any atom is 0.0658 e. The summed E-state index contributed by atoms with van der Waals surface area (Å²) in [4.78, 5) is 16.0. The average molecular weight is 387 g/mol. The predicted molar refractivity (Wildman–Crippen MR) is 102 cm³/mol. The van der Waals surface area contributed by atoms with Crippen molar-refractivity contribution in [2.75, 3.05) is 0 Å². The average Bonchev–Trinajstić information content (AvgIpc) is 3.32. The number of hydrogen-bond acceptors (Lipinski definition) is 2. The molecular weight excluding hydrogens is 371 g/mol. The molecule has 1 radical (unpaired) electrons. The molecule has 2 aliphatic rings. The van der Waals surface area contributed by atoms with E-state index >= 15 is 0 Å². The van der Waals surface area contributed by atoms with Gasteiger partial charge in [0.2, 0.25) is 0 Å². The number of H-pyrrole nitrogens is 2. The molecule has 5 rings (SSSR count). The van der Waals surface area contributed by atoms with Crippen molar-refractivity contribution in [1.29, 1.82) is 0 Å². The van der Waals surface area contributed by atoms with E-state index in [4.69, 9.17) is 0 Å². The molecule has 131 valence electrons. The van der Waals surface area contributed by atoms with Gasteiger partial charge in [-0.1, -0.05) is 0 Å². The van der Waals surface area contributed by atoms with Gasteiger partial charge in [0.15, 0.2) is 0 Å². The van der Waals surface area contributed by atoms with E-state index in [1.165, 1.54) is 0 Å². The van der Waals surface area contributed by atoms with Crippen LogP contribution in [0.5, 0.6) is 0 Å². The van der Waals surface area contributed by atoms with Crippen molar-refractivity contribution in [3.05, 3.63) is 71.3 Å². The predicted octanol–water partition coefficient (Wildman–Crippen LogP) is 3.83. The van der Waals surface area contributed by atoms with Crippen LogP contribution in [0.3, 0.4) is 0 Å². The Labute approximate surface area is 160 Å². The Kier molecular flexibility index (Phi) is 4.90. The molecule has 0 aromatic carbocycles. The molecule has 6 heteroatoms. The second-order valence-electron chi connectivity index (χ2n) is 5.91. The summed E-state index contributed by atoms with van der Waals surface area (Å²) in [7, 11) is 0. The summed E-state index contributed by atoms with van der Waals surface area (Å²) >= 11 is 0. The first-order valence-corrected chi connectivity index (χ1v) is 7.85. The van der Waals surface area contributed by atoms with Gasteiger partial charge in [0.05, 0.1) is 22.8 Å². The van der Waals surface area contributed by atoms with Crippen molar-refractivity contribution in [3.63, 3.8) is 0 Å². The maximum absolute atomic E-state index is 4.63. The first-order chi connectivity index (χ1) is 11.8. The number of aromatic nitrogens is 4. The summed E-state index contributed by atoms with van der Waals surface area (Å²) in [5, 5.41) is 0. The third kappa shape index (κ3) is 3.52. The van der Waals surface area contributed by atoms with E-state index in [0.717, 1.165) is 44.8 Å². The number of nitrogens with zero attached hydrogens (tertiary/aromatic N) is 2. The molecular formula is C20H16CoN4O. The smallest absolute Gasteiger partial charge is 0.0658 e. The van der Waals surface area contributed by atoms with Crippen molar-refractivity contribution in [1.82, 2.24) is 19.9 Å². The summed E-state index contributed by atoms with van der Waals surface area (Å²) in [6.45, 7) is 0. The molecule has 0 saturated heterocycles. The number of fused-ring (bicyclic) bond motifs is 8. The Bertz CT molecular complexity index is 996. The second-order valence-corrected chi connectivity index (χ2v) is 5.91. The molecule has 4 N–H and O–H groups in total. The van der Waals surface area contributed by atoms with Crippen LogP contribution in [0.15, 0.2) is 48.5 Å². The summed E-state index contributed by atoms with van der Waals surface area (Å²) in [6.07, 6.45) is 8.09. The van der Waals surface area contributed by atoms with E-state index in [9.17, 15) is 0 Å². The molecule has 0 fully saturated rings. The Hall–Kier alpha value is -2.93. The Morgan fingerprint density at radius 1 is 0.500 bits per heavy atom. The molecule has 0 saturated carbocycles. The van der Waals surface area contributed by atoms with Gasteiger partial charge in [-0.25, -0.2) is 9.97 Å². The quantitative estimate of drug-likeness (QED) is 0.423. The van der Waals surface area contributed by atoms with Crippen molar-refractivity contribution in [3.8, 4) is 0 Å². The largest absolute Gasteiger partial charge is 0.412 e. The van der Waals surface area contributed by atoms with Crippen LogP contribution in [-0.4, -0.2) is 25.4 Å². The molecule has 0 amide bonds. The SMILES string of the molecule is C1=Cc2cc3ccc(cc4nc(cc5ccc(cc1n2)[nH]5)C=C4)[nH]3.O.[Co]. The summed E-state index contributed by atoms with van der Waals surface area (Å²) in [5.74, 6) is 0. The fourth-order valence-corrected chi connectivity index (χ4v) is 2.94. The molecule has 5 nitrogen and oxygen atoms in total. The zero-order valence-corrected chi connectivity index (χ0v) is 14.7. The third-order valence-corrected chi connectivity index (χ3v) is 4.04. The topological polar surface area (TPSA) is 88.9 Å². The van der Waals surface area contributed by atoms with Gasteiger partial charge in [-0.15, -0.1) is 0 Å². The minimum absolute atomic E-state index is 0. The monoisotopic (exact) mass is 387 g/mol. The molecule has 0 spiro atoms. The maximum atomic E-state index is 4.63. The van der Waals surface area contributed by atoms with Crippen molar-refractivity contribution in [2.45, 2.75) is 0 Å². The van der Waals surface area contributed by atoms with Crippen LogP contribution in [0, 0.1) is 0 Å². The molecule has 3 aromatic heterocycles. The van der Waals surface area contributed by atoms with E-state index in [1.807, 2.05) is 48.6 Å². The van der Waals surface area contributed by atoms with Crippen molar-refractivity contribution in [2.24, 2.45) is 0 Å². The van der Waals surface area contributed by atoms with Crippen LogP contribution in [0.1, 0.15) is 22.8 Å². The molecule has 0 unspecified atom stereocenters. The van der Waals surface area contributed by atoms with Gasteiger partial charge in [-0.2, -0.15) is 0 Å². The molecule has 2 aliphatic heterocycles. The van der Waals surface area contributed by atoms with Crippen LogP contribution in [0.2, 0.25) is 0 Å². The van der Waals surface area contributed by atoms with Gasteiger partial charge in [0.25, 0.3) is 0 Å². The normalized spacial score (nSPS) is 11.7. The second kappa shape index (κ2) is 7.13. The van der Waals surface area contributed by atoms with E-state index in [0.29, 0.717) is 0 Å². The Morgan fingerprint density at radius 3 is 1.04 bits per heavy atom. The summed E-state index contributed by atoms with van der Waals surface area (Å²) in [5.41, 5.74) is 7.86. The fourth-order valence-electron chi connectivity index (χ4n) is 2.94. The molecule has 3 aromatic rings. The zero-order chi connectivity index (χ0) is 15.9. The van der Waals surface area contributed by atoms with Gasteiger partial charge >= 0.3 is 0 Å². The van der Waals surface area contributed by atoms with Crippen molar-refractivity contribution >= 4 is 46.4 Å². The third-order valence-electron chi connectivity index (χ3n) is 4.04. The molecule has 26 heavy (non-hydrogen) atoms. The van der Waals surface area contributed by atoms with Crippen LogP contribution >= 0.6 is 0 Å². The van der Waals surface area contributed by atoms with Gasteiger partial charge in [0, 0.05) is 38.8 Å². The zero-order valence-electron chi connectivity index (χ0n) is 13.7. The summed E-state index contributed by atoms with van der Waals surface area (Å²) < 4.78 is 0. The Balaban J connectivity index is 0.000000980. The molecule has 8 bridgehead atoms. The number of rotatable bonds is 0. The standard InChI is InChI=1S/C20H14N4.Co.H2O/c1-2-14-10-16-5-6-18(23-16)12-20-8-7-19(24-20)11-17-4-3-15(22-17)9-13(1)21-14;;/h1-12,21,24H;;1H2. The van der Waals surface area contributed by atoms with E-state index in [1.54, 1.807) is 0 Å². The minimum Gasteiger partial charge on any atom is -0.412 e. The number of aromatic amines is 2. The summed E-state index contributed by atoms with van der Waals surface area (Å²) in [6, 6.07) is 16.4. The molecule has 0 atom stereocenters. The van der Waals surface area contributed by atoms with Gasteiger partial charge in [0.1, 0.15) is 0 Å². The van der Waals surface area contributed by atoms with E-state index < -0.39 is 0 Å². The van der Waals surface area contributed by atoms with Gasteiger partial charge in [-0.3, -0.25) is 0 Å². The minimum atomic E-state index is 0. The number of nitrogens with one attached hydrogen (secondary N) is 2. The van der Waals surface area contributed by atoms with Crippen LogP contribution in [0.4, 0.5) is 0 Å². The Morgan fingerprint density at radius 2 is 0.769 bits per heavy atom. The van der Waals surface area contributed by atoms with Crippen molar-refractivity contribution < 1.29 is 22.3 Å². The number of hydrogen-bond donors (Lipinski definition) is 2. The van der Waals surface area contributed by atoms with E-state index in [-0.39, 0.29) is 22.3 Å². The van der Waals surface area contributed by atoms with Crippen LogP contribution in [-0.2, 0) is 16.8 Å². The molecule has 0 aliphatic carbocycles. The first kappa shape index (κ1) is 17.9. The van der Waals surface area contributed by atoms with Gasteiger partial charge in [-0.05, 0) is 72.8 Å².